The summed E-state index contributed by atoms with van der Waals surface area (Å²) in [5.41, 5.74) is 3.94. The Kier molecular flexibility index (Phi) is 8.23. The Morgan fingerprint density at radius 2 is 1.50 bits per heavy atom. The van der Waals surface area contributed by atoms with E-state index in [0.717, 1.165) is 41.4 Å². The molecule has 0 saturated carbocycles. The minimum absolute atomic E-state index is 0.504. The Morgan fingerprint density at radius 1 is 0.833 bits per heavy atom. The van der Waals surface area contributed by atoms with Crippen molar-refractivity contribution in [1.82, 2.24) is 15.0 Å². The SMILES string of the molecule is CCCOCCOCCOc1ccc(-n2cc(-c3ccc(N(C)C)cc3)nn2)cc1. The molecule has 30 heavy (non-hydrogen) atoms. The minimum Gasteiger partial charge on any atom is -0.491 e. The molecule has 0 fully saturated rings. The smallest absolute Gasteiger partial charge is 0.119 e. The van der Waals surface area contributed by atoms with Crippen molar-refractivity contribution in [3.8, 4) is 22.7 Å². The Morgan fingerprint density at radius 3 is 2.17 bits per heavy atom. The molecule has 3 aromatic rings. The van der Waals surface area contributed by atoms with Gasteiger partial charge in [-0.2, -0.15) is 0 Å². The van der Waals surface area contributed by atoms with E-state index >= 15 is 0 Å². The van der Waals surface area contributed by atoms with Crippen LogP contribution in [0.15, 0.2) is 54.7 Å². The molecule has 0 saturated heterocycles. The Hall–Kier alpha value is -2.90. The summed E-state index contributed by atoms with van der Waals surface area (Å²) in [6.07, 6.45) is 2.95. The quantitative estimate of drug-likeness (QED) is 0.423. The van der Waals surface area contributed by atoms with Crippen molar-refractivity contribution in [2.45, 2.75) is 13.3 Å². The molecule has 1 heterocycles. The number of anilines is 1. The van der Waals surface area contributed by atoms with E-state index in [1.165, 1.54) is 0 Å². The van der Waals surface area contributed by atoms with Gasteiger partial charge in [-0.25, -0.2) is 4.68 Å². The van der Waals surface area contributed by atoms with Gasteiger partial charge >= 0.3 is 0 Å². The molecular formula is C23H30N4O3. The van der Waals surface area contributed by atoms with Crippen LogP contribution in [0.25, 0.3) is 16.9 Å². The number of nitrogens with zero attached hydrogens (tertiary/aromatic N) is 4. The highest BCUT2D eigenvalue weighted by Crippen LogP contribution is 2.22. The Labute approximate surface area is 178 Å². The zero-order chi connectivity index (χ0) is 21.2. The standard InChI is InChI=1S/C23H30N4O3/c1-4-13-28-14-15-29-16-17-30-22-11-9-21(10-12-22)27-18-23(24-25-27)19-5-7-20(8-6-19)26(2)3/h5-12,18H,4,13-17H2,1-3H3. The number of hydrogen-bond acceptors (Lipinski definition) is 6. The number of hydrogen-bond donors (Lipinski definition) is 0. The van der Waals surface area contributed by atoms with Gasteiger partial charge in [-0.1, -0.05) is 24.3 Å². The fourth-order valence-electron chi connectivity index (χ4n) is 2.83. The highest BCUT2D eigenvalue weighted by molar-refractivity contribution is 5.62. The lowest BCUT2D eigenvalue weighted by atomic mass is 10.1. The van der Waals surface area contributed by atoms with Gasteiger partial charge in [0.1, 0.15) is 18.1 Å². The third-order valence-electron chi connectivity index (χ3n) is 4.49. The van der Waals surface area contributed by atoms with Gasteiger partial charge in [-0.3, -0.25) is 0 Å². The lowest BCUT2D eigenvalue weighted by Crippen LogP contribution is -2.11. The van der Waals surface area contributed by atoms with Crippen molar-refractivity contribution < 1.29 is 14.2 Å². The van der Waals surface area contributed by atoms with Crippen LogP contribution < -0.4 is 9.64 Å². The molecule has 0 atom stereocenters. The summed E-state index contributed by atoms with van der Waals surface area (Å²) in [5, 5.41) is 8.55. The summed E-state index contributed by atoms with van der Waals surface area (Å²) in [4.78, 5) is 2.07. The van der Waals surface area contributed by atoms with Gasteiger partial charge in [0.15, 0.2) is 0 Å². The van der Waals surface area contributed by atoms with E-state index in [1.807, 2.05) is 44.6 Å². The van der Waals surface area contributed by atoms with Crippen molar-refractivity contribution in [2.24, 2.45) is 0 Å². The molecule has 0 aliphatic rings. The molecule has 1 aromatic heterocycles. The average molecular weight is 411 g/mol. The molecule has 7 nitrogen and oxygen atoms in total. The van der Waals surface area contributed by atoms with Crippen molar-refractivity contribution in [1.29, 1.82) is 0 Å². The summed E-state index contributed by atoms with van der Waals surface area (Å²) in [6, 6.07) is 16.0. The van der Waals surface area contributed by atoms with Crippen LogP contribution in [0.3, 0.4) is 0 Å². The molecule has 0 aliphatic carbocycles. The largest absolute Gasteiger partial charge is 0.491 e. The maximum Gasteiger partial charge on any atom is 0.119 e. The second kappa shape index (κ2) is 11.3. The Bertz CT molecular complexity index is 876. The van der Waals surface area contributed by atoms with E-state index in [0.29, 0.717) is 26.4 Å². The number of rotatable bonds is 12. The van der Waals surface area contributed by atoms with Crippen molar-refractivity contribution in [2.75, 3.05) is 52.0 Å². The van der Waals surface area contributed by atoms with Crippen molar-refractivity contribution in [3.05, 3.63) is 54.7 Å². The Balaban J connectivity index is 1.48. The fourth-order valence-corrected chi connectivity index (χ4v) is 2.83. The molecular weight excluding hydrogens is 380 g/mol. The summed E-state index contributed by atoms with van der Waals surface area (Å²) in [5.74, 6) is 0.796. The first-order chi connectivity index (χ1) is 14.7. The fraction of sp³-hybridized carbons (Fsp3) is 0.391. The first-order valence-corrected chi connectivity index (χ1v) is 10.3. The molecule has 0 unspecified atom stereocenters. The van der Waals surface area contributed by atoms with Crippen LogP contribution in [0.2, 0.25) is 0 Å². The lowest BCUT2D eigenvalue weighted by Gasteiger charge is -2.11. The zero-order valence-electron chi connectivity index (χ0n) is 18.0. The molecule has 0 bridgehead atoms. The first-order valence-electron chi connectivity index (χ1n) is 10.3. The lowest BCUT2D eigenvalue weighted by molar-refractivity contribution is 0.0366. The average Bonchev–Trinajstić information content (AvgIpc) is 3.26. The summed E-state index contributed by atoms with van der Waals surface area (Å²) >= 11 is 0. The third-order valence-corrected chi connectivity index (χ3v) is 4.49. The van der Waals surface area contributed by atoms with Crippen LogP contribution in [0.1, 0.15) is 13.3 Å². The van der Waals surface area contributed by atoms with E-state index < -0.39 is 0 Å². The highest BCUT2D eigenvalue weighted by Gasteiger charge is 2.06. The number of aromatic nitrogens is 3. The predicted octanol–water partition coefficient (Wildman–Crippen LogP) is 3.82. The maximum absolute atomic E-state index is 5.71. The van der Waals surface area contributed by atoms with Crippen LogP contribution in [0.4, 0.5) is 5.69 Å². The minimum atomic E-state index is 0.504. The van der Waals surface area contributed by atoms with Gasteiger partial charge in [0, 0.05) is 32.0 Å². The molecule has 160 valence electrons. The second-order valence-electron chi connectivity index (χ2n) is 7.06. The van der Waals surface area contributed by atoms with Crippen LogP contribution in [-0.2, 0) is 9.47 Å². The molecule has 3 rings (SSSR count). The van der Waals surface area contributed by atoms with Crippen molar-refractivity contribution >= 4 is 5.69 Å². The molecule has 0 aliphatic heterocycles. The second-order valence-corrected chi connectivity index (χ2v) is 7.06. The van der Waals surface area contributed by atoms with Gasteiger partial charge in [0.05, 0.1) is 31.7 Å². The maximum atomic E-state index is 5.71. The highest BCUT2D eigenvalue weighted by atomic mass is 16.5. The summed E-state index contributed by atoms with van der Waals surface area (Å²) in [6.45, 7) is 5.13. The third kappa shape index (κ3) is 6.30. The van der Waals surface area contributed by atoms with Gasteiger partial charge in [0.25, 0.3) is 0 Å². The monoisotopic (exact) mass is 410 g/mol. The molecule has 0 spiro atoms. The number of benzene rings is 2. The van der Waals surface area contributed by atoms with Gasteiger partial charge in [-0.05, 0) is 42.8 Å². The van der Waals surface area contributed by atoms with E-state index in [1.54, 1.807) is 4.68 Å². The topological polar surface area (TPSA) is 61.6 Å². The van der Waals surface area contributed by atoms with Gasteiger partial charge in [-0.15, -0.1) is 5.10 Å². The molecule has 0 amide bonds. The van der Waals surface area contributed by atoms with Crippen LogP contribution >= 0.6 is 0 Å². The summed E-state index contributed by atoms with van der Waals surface area (Å²) < 4.78 is 18.3. The molecule has 0 radical (unpaired) electrons. The van der Waals surface area contributed by atoms with Crippen LogP contribution in [0.5, 0.6) is 5.75 Å². The summed E-state index contributed by atoms with van der Waals surface area (Å²) in [7, 11) is 4.05. The number of ether oxygens (including phenoxy) is 3. The van der Waals surface area contributed by atoms with E-state index in [4.69, 9.17) is 14.2 Å². The molecule has 7 heteroatoms. The zero-order valence-corrected chi connectivity index (χ0v) is 18.0. The predicted molar refractivity (Wildman–Crippen MR) is 119 cm³/mol. The van der Waals surface area contributed by atoms with Crippen molar-refractivity contribution in [3.63, 3.8) is 0 Å². The molecule has 0 N–H and O–H groups in total. The van der Waals surface area contributed by atoms with E-state index in [-0.39, 0.29) is 0 Å². The first kappa shape index (κ1) is 21.8. The van der Waals surface area contributed by atoms with Crippen LogP contribution in [-0.4, -0.2) is 62.1 Å². The van der Waals surface area contributed by atoms with E-state index in [9.17, 15) is 0 Å². The van der Waals surface area contributed by atoms with Crippen LogP contribution in [0, 0.1) is 0 Å². The van der Waals surface area contributed by atoms with E-state index in [2.05, 4.69) is 46.4 Å². The molecule has 2 aromatic carbocycles. The normalized spacial score (nSPS) is 10.9. The van der Waals surface area contributed by atoms with Gasteiger partial charge in [0.2, 0.25) is 0 Å². The van der Waals surface area contributed by atoms with Gasteiger partial charge < -0.3 is 19.1 Å².